The molecule has 3 aromatic rings. The first-order valence-electron chi connectivity index (χ1n) is 13.7. The van der Waals surface area contributed by atoms with Crippen molar-refractivity contribution < 1.29 is 21.6 Å². The maximum Gasteiger partial charge on any atom is 0.266 e. The maximum atomic E-state index is 13.6. The van der Waals surface area contributed by atoms with Crippen LogP contribution in [0.4, 0.5) is 0 Å². The Kier molecular flexibility index (Phi) is 7.90. The third-order valence-corrected chi connectivity index (χ3v) is 12.8. The highest BCUT2D eigenvalue weighted by Gasteiger charge is 2.42. The molecule has 3 aliphatic heterocycles. The molecule has 4 heterocycles. The number of hydrogen-bond donors (Lipinski definition) is 0. The van der Waals surface area contributed by atoms with Gasteiger partial charge >= 0.3 is 0 Å². The summed E-state index contributed by atoms with van der Waals surface area (Å²) < 4.78 is 54.9. The Morgan fingerprint density at radius 3 is 2.60 bits per heavy atom. The van der Waals surface area contributed by atoms with Crippen LogP contribution >= 0.6 is 24.0 Å². The number of sulfone groups is 1. The van der Waals surface area contributed by atoms with E-state index >= 15 is 0 Å². The third-order valence-electron chi connectivity index (χ3n) is 7.81. The largest absolute Gasteiger partial charge is 0.289 e. The fourth-order valence-electron chi connectivity index (χ4n) is 5.66. The van der Waals surface area contributed by atoms with E-state index in [0.717, 1.165) is 30.3 Å². The number of rotatable bonds is 6. The van der Waals surface area contributed by atoms with Crippen LogP contribution in [0.25, 0.3) is 23.0 Å². The maximum absolute atomic E-state index is 13.6. The first-order chi connectivity index (χ1) is 20.0. The Morgan fingerprint density at radius 1 is 1.10 bits per heavy atom. The second kappa shape index (κ2) is 11.3. The normalized spacial score (nSPS) is 24.1. The average Bonchev–Trinajstić information content (AvgIpc) is 3.63. The van der Waals surface area contributed by atoms with E-state index in [1.807, 2.05) is 36.4 Å². The summed E-state index contributed by atoms with van der Waals surface area (Å²) in [5, 5.41) is 4.82. The summed E-state index contributed by atoms with van der Waals surface area (Å²) in [6, 6.07) is 15.8. The van der Waals surface area contributed by atoms with Crippen LogP contribution in [0.3, 0.4) is 0 Å². The van der Waals surface area contributed by atoms with E-state index < -0.39 is 25.9 Å². The summed E-state index contributed by atoms with van der Waals surface area (Å²) in [5.41, 5.74) is 2.52. The van der Waals surface area contributed by atoms with Crippen LogP contribution in [0, 0.1) is 5.92 Å². The standard InChI is InChI=1S/C29H30N4O5S4/c1-20-7-6-13-31(17-20)42(37,38)25-11-5-8-21(15-25)27-22(18-32(30-27)23-9-3-2-4-10-23)16-26-28(34)33(29(39)40-26)24-12-14-41(35,36)19-24/h2-5,8-11,15-16,18,20,24H,6-7,12-14,17,19H2,1H3. The molecule has 2 unspecified atom stereocenters. The summed E-state index contributed by atoms with van der Waals surface area (Å²) >= 11 is 6.63. The molecule has 220 valence electrons. The van der Waals surface area contributed by atoms with Gasteiger partial charge in [-0.15, -0.1) is 0 Å². The Morgan fingerprint density at radius 2 is 1.88 bits per heavy atom. The van der Waals surface area contributed by atoms with Gasteiger partial charge in [0.1, 0.15) is 10.0 Å². The van der Waals surface area contributed by atoms with Crippen molar-refractivity contribution in [1.29, 1.82) is 0 Å². The Labute approximate surface area is 255 Å². The van der Waals surface area contributed by atoms with Gasteiger partial charge in [-0.25, -0.2) is 21.5 Å². The molecule has 6 rings (SSSR count). The predicted octanol–water partition coefficient (Wildman–Crippen LogP) is 4.35. The van der Waals surface area contributed by atoms with E-state index in [-0.39, 0.29) is 22.3 Å². The van der Waals surface area contributed by atoms with Gasteiger partial charge in [-0.05, 0) is 55.5 Å². The fourth-order valence-corrected chi connectivity index (χ4v) is 10.4. The number of benzene rings is 2. The topological polar surface area (TPSA) is 110 Å². The Bertz CT molecular complexity index is 1800. The minimum absolute atomic E-state index is 0.0390. The van der Waals surface area contributed by atoms with Gasteiger partial charge in [0.25, 0.3) is 5.91 Å². The highest BCUT2D eigenvalue weighted by molar-refractivity contribution is 8.26. The smallest absolute Gasteiger partial charge is 0.266 e. The van der Waals surface area contributed by atoms with Crippen molar-refractivity contribution in [1.82, 2.24) is 19.0 Å². The van der Waals surface area contributed by atoms with Crippen LogP contribution in [0.2, 0.25) is 0 Å². The van der Waals surface area contributed by atoms with Crippen molar-refractivity contribution in [3.63, 3.8) is 0 Å². The molecule has 0 radical (unpaired) electrons. The van der Waals surface area contributed by atoms with E-state index in [2.05, 4.69) is 6.92 Å². The summed E-state index contributed by atoms with van der Waals surface area (Å²) in [6.45, 7) is 3.05. The van der Waals surface area contributed by atoms with Crippen molar-refractivity contribution >= 4 is 60.1 Å². The minimum atomic E-state index is -3.70. The number of para-hydroxylation sites is 1. The number of thioether (sulfide) groups is 1. The number of hydrogen-bond acceptors (Lipinski definition) is 8. The highest BCUT2D eigenvalue weighted by atomic mass is 32.2. The second-order valence-corrected chi connectivity index (χ2v) is 16.8. The number of amides is 1. The molecular weight excluding hydrogens is 613 g/mol. The quantitative estimate of drug-likeness (QED) is 0.289. The lowest BCUT2D eigenvalue weighted by atomic mass is 10.0. The Hall–Kier alpha value is -2.84. The van der Waals surface area contributed by atoms with Crippen LogP contribution in [-0.2, 0) is 24.7 Å². The predicted molar refractivity (Wildman–Crippen MR) is 168 cm³/mol. The van der Waals surface area contributed by atoms with Crippen LogP contribution in [0.1, 0.15) is 31.7 Å². The molecule has 3 saturated heterocycles. The fraction of sp³-hybridized carbons (Fsp3) is 0.345. The van der Waals surface area contributed by atoms with Gasteiger partial charge in [0, 0.05) is 30.4 Å². The van der Waals surface area contributed by atoms with E-state index in [1.165, 1.54) is 4.90 Å². The lowest BCUT2D eigenvalue weighted by Crippen LogP contribution is -2.39. The van der Waals surface area contributed by atoms with Gasteiger partial charge in [0.15, 0.2) is 9.84 Å². The molecule has 13 heteroatoms. The molecule has 1 amide bonds. The number of carbonyl (C=O) groups excluding carboxylic acids is 1. The summed E-state index contributed by atoms with van der Waals surface area (Å²) in [5.74, 6) is -0.0905. The van der Waals surface area contributed by atoms with Crippen LogP contribution < -0.4 is 0 Å². The Balaban J connectivity index is 1.39. The van der Waals surface area contributed by atoms with Gasteiger partial charge in [-0.3, -0.25) is 9.69 Å². The molecule has 0 N–H and O–H groups in total. The van der Waals surface area contributed by atoms with Crippen LogP contribution in [-0.4, -0.2) is 76.7 Å². The number of thiocarbonyl (C=S) groups is 1. The molecule has 0 aliphatic carbocycles. The molecule has 1 aromatic heterocycles. The zero-order valence-corrected chi connectivity index (χ0v) is 26.2. The summed E-state index contributed by atoms with van der Waals surface area (Å²) in [4.78, 5) is 15.5. The third kappa shape index (κ3) is 5.72. The summed E-state index contributed by atoms with van der Waals surface area (Å²) in [6.07, 6.45) is 5.70. The van der Waals surface area contributed by atoms with E-state index in [0.29, 0.717) is 51.5 Å². The molecule has 42 heavy (non-hydrogen) atoms. The molecular formula is C29H30N4O5S4. The van der Waals surface area contributed by atoms with E-state index in [4.69, 9.17) is 17.3 Å². The monoisotopic (exact) mass is 642 g/mol. The SMILES string of the molecule is CC1CCCN(S(=O)(=O)c2cccc(-c3nn(-c4ccccc4)cc3C=C3SC(=S)N(C4CCS(=O)(=O)C4)C3=O)c2)C1. The number of piperidine rings is 1. The van der Waals surface area contributed by atoms with Gasteiger partial charge in [0.05, 0.1) is 33.0 Å². The van der Waals surface area contributed by atoms with Crippen molar-refractivity contribution in [3.05, 3.63) is 71.3 Å². The minimum Gasteiger partial charge on any atom is -0.289 e. The average molecular weight is 643 g/mol. The van der Waals surface area contributed by atoms with Crippen LogP contribution in [0.15, 0.2) is 70.6 Å². The molecule has 9 nitrogen and oxygen atoms in total. The van der Waals surface area contributed by atoms with Gasteiger partial charge in [-0.1, -0.05) is 61.2 Å². The first kappa shape index (κ1) is 29.2. The molecule has 2 atom stereocenters. The number of sulfonamides is 1. The highest BCUT2D eigenvalue weighted by Crippen LogP contribution is 2.38. The number of aromatic nitrogens is 2. The van der Waals surface area contributed by atoms with Gasteiger partial charge in [0.2, 0.25) is 10.0 Å². The zero-order valence-electron chi connectivity index (χ0n) is 22.9. The van der Waals surface area contributed by atoms with Crippen molar-refractivity contribution in [2.45, 2.75) is 37.1 Å². The molecule has 0 saturated carbocycles. The second-order valence-electron chi connectivity index (χ2n) is 11.0. The van der Waals surface area contributed by atoms with Gasteiger partial charge < -0.3 is 0 Å². The molecule has 0 spiro atoms. The molecule has 3 fully saturated rings. The number of carbonyl (C=O) groups is 1. The molecule has 3 aliphatic rings. The van der Waals surface area contributed by atoms with Gasteiger partial charge in [-0.2, -0.15) is 9.40 Å². The van der Waals surface area contributed by atoms with Crippen LogP contribution in [0.5, 0.6) is 0 Å². The lowest BCUT2D eigenvalue weighted by molar-refractivity contribution is -0.123. The molecule has 0 bridgehead atoms. The first-order valence-corrected chi connectivity index (χ1v) is 18.2. The van der Waals surface area contributed by atoms with Crippen molar-refractivity contribution in [2.24, 2.45) is 5.92 Å². The van der Waals surface area contributed by atoms with E-state index in [9.17, 15) is 21.6 Å². The zero-order chi connectivity index (χ0) is 29.6. The molecule has 2 aromatic carbocycles. The van der Waals surface area contributed by atoms with E-state index in [1.54, 1.807) is 39.5 Å². The van der Waals surface area contributed by atoms with Crippen molar-refractivity contribution in [2.75, 3.05) is 24.6 Å². The lowest BCUT2D eigenvalue weighted by Gasteiger charge is -2.30. The summed E-state index contributed by atoms with van der Waals surface area (Å²) in [7, 11) is -6.90. The van der Waals surface area contributed by atoms with Crippen molar-refractivity contribution in [3.8, 4) is 16.9 Å². The number of nitrogens with zero attached hydrogens (tertiary/aromatic N) is 4.